The van der Waals surface area contributed by atoms with Gasteiger partial charge in [0.15, 0.2) is 11.6 Å². The molecule has 0 spiro atoms. The Hall–Kier alpha value is -1.72. The SMILES string of the molecule is CCOC(=O)C12CC[C@](C(=O)OCC)(CC1=O)C(=O)C2. The van der Waals surface area contributed by atoms with Crippen molar-refractivity contribution in [3.63, 3.8) is 0 Å². The Balaban J connectivity index is 2.30. The van der Waals surface area contributed by atoms with Crippen molar-refractivity contribution in [1.82, 2.24) is 0 Å². The third-order valence-corrected chi connectivity index (χ3v) is 4.30. The highest BCUT2D eigenvalue weighted by molar-refractivity contribution is 6.19. The first-order chi connectivity index (χ1) is 9.43. The van der Waals surface area contributed by atoms with Crippen molar-refractivity contribution < 1.29 is 28.7 Å². The molecule has 3 saturated carbocycles. The third kappa shape index (κ3) is 1.85. The topological polar surface area (TPSA) is 86.7 Å². The second kappa shape index (κ2) is 5.00. The van der Waals surface area contributed by atoms with E-state index >= 15 is 0 Å². The van der Waals surface area contributed by atoms with Crippen LogP contribution in [-0.4, -0.2) is 36.7 Å². The molecule has 110 valence electrons. The third-order valence-electron chi connectivity index (χ3n) is 4.30. The van der Waals surface area contributed by atoms with Crippen molar-refractivity contribution >= 4 is 23.5 Å². The number of hydrogen-bond acceptors (Lipinski definition) is 6. The molecule has 20 heavy (non-hydrogen) atoms. The number of Topliss-reactive ketones (excluding diaryl/α,β-unsaturated/α-hetero) is 2. The fourth-order valence-corrected chi connectivity index (χ4v) is 3.08. The van der Waals surface area contributed by atoms with E-state index in [1.54, 1.807) is 13.8 Å². The number of ketones is 2. The summed E-state index contributed by atoms with van der Waals surface area (Å²) in [7, 11) is 0. The largest absolute Gasteiger partial charge is 0.465 e. The molecule has 0 N–H and O–H groups in total. The van der Waals surface area contributed by atoms with Gasteiger partial charge in [-0.2, -0.15) is 0 Å². The summed E-state index contributed by atoms with van der Waals surface area (Å²) in [6.07, 6.45) is -0.141. The number of carbonyl (C=O) groups excluding carboxylic acids is 4. The van der Waals surface area contributed by atoms with Crippen LogP contribution in [0.5, 0.6) is 0 Å². The van der Waals surface area contributed by atoms with Gasteiger partial charge in [-0.25, -0.2) is 0 Å². The molecular formula is C14H18O6. The fourth-order valence-electron chi connectivity index (χ4n) is 3.08. The molecule has 3 aliphatic carbocycles. The van der Waals surface area contributed by atoms with Crippen molar-refractivity contribution in [1.29, 1.82) is 0 Å². The molecule has 6 nitrogen and oxygen atoms in total. The van der Waals surface area contributed by atoms with E-state index < -0.39 is 22.8 Å². The van der Waals surface area contributed by atoms with E-state index in [1.165, 1.54) is 0 Å². The number of rotatable bonds is 4. The number of esters is 2. The number of carbonyl (C=O) groups is 4. The van der Waals surface area contributed by atoms with Crippen LogP contribution in [0.4, 0.5) is 0 Å². The lowest BCUT2D eigenvalue weighted by Crippen LogP contribution is -2.60. The van der Waals surface area contributed by atoms with Crippen molar-refractivity contribution in [2.75, 3.05) is 13.2 Å². The zero-order chi connectivity index (χ0) is 15.0. The lowest BCUT2D eigenvalue weighted by molar-refractivity contribution is -0.184. The quantitative estimate of drug-likeness (QED) is 0.560. The number of fused-ring (bicyclic) bond motifs is 3. The number of ether oxygens (including phenoxy) is 2. The Labute approximate surface area is 116 Å². The van der Waals surface area contributed by atoms with Gasteiger partial charge in [-0.1, -0.05) is 0 Å². The van der Waals surface area contributed by atoms with E-state index in [4.69, 9.17) is 9.47 Å². The molecule has 3 fully saturated rings. The van der Waals surface area contributed by atoms with Gasteiger partial charge < -0.3 is 9.47 Å². The molecule has 0 saturated heterocycles. The zero-order valence-corrected chi connectivity index (χ0v) is 11.7. The first kappa shape index (κ1) is 14.7. The first-order valence-corrected chi connectivity index (χ1v) is 6.84. The molecule has 0 aromatic rings. The van der Waals surface area contributed by atoms with Crippen LogP contribution in [0.25, 0.3) is 0 Å². The summed E-state index contributed by atoms with van der Waals surface area (Å²) in [4.78, 5) is 48.6. The molecule has 3 rings (SSSR count). The maximum atomic E-state index is 12.3. The van der Waals surface area contributed by atoms with Gasteiger partial charge >= 0.3 is 11.9 Å². The minimum Gasteiger partial charge on any atom is -0.465 e. The number of hydrogen-bond donors (Lipinski definition) is 0. The van der Waals surface area contributed by atoms with E-state index in [0.29, 0.717) is 0 Å². The second-order valence-electron chi connectivity index (χ2n) is 5.31. The molecule has 0 aliphatic heterocycles. The average Bonchev–Trinajstić information content (AvgIpc) is 2.41. The van der Waals surface area contributed by atoms with Gasteiger partial charge in [-0.15, -0.1) is 0 Å². The fraction of sp³-hybridized carbons (Fsp3) is 0.714. The molecule has 2 bridgehead atoms. The van der Waals surface area contributed by atoms with Crippen LogP contribution in [0.3, 0.4) is 0 Å². The molecular weight excluding hydrogens is 264 g/mol. The molecule has 2 atom stereocenters. The normalized spacial score (nSPS) is 32.1. The zero-order valence-electron chi connectivity index (χ0n) is 11.7. The summed E-state index contributed by atoms with van der Waals surface area (Å²) in [6, 6.07) is 0. The van der Waals surface area contributed by atoms with E-state index in [9.17, 15) is 19.2 Å². The van der Waals surface area contributed by atoms with Crippen LogP contribution < -0.4 is 0 Å². The van der Waals surface area contributed by atoms with Gasteiger partial charge in [0.2, 0.25) is 0 Å². The minimum atomic E-state index is -1.37. The van der Waals surface area contributed by atoms with E-state index in [1.807, 2.05) is 0 Å². The predicted molar refractivity (Wildman–Crippen MR) is 66.6 cm³/mol. The molecule has 1 unspecified atom stereocenters. The van der Waals surface area contributed by atoms with Gasteiger partial charge in [0.05, 0.1) is 13.2 Å². The van der Waals surface area contributed by atoms with Gasteiger partial charge in [0, 0.05) is 12.8 Å². The maximum absolute atomic E-state index is 12.3. The molecule has 0 radical (unpaired) electrons. The monoisotopic (exact) mass is 282 g/mol. The van der Waals surface area contributed by atoms with Gasteiger partial charge in [0.1, 0.15) is 10.8 Å². The first-order valence-electron chi connectivity index (χ1n) is 6.84. The highest BCUT2D eigenvalue weighted by Gasteiger charge is 2.66. The molecule has 0 heterocycles. The van der Waals surface area contributed by atoms with Gasteiger partial charge in [-0.05, 0) is 26.7 Å². The van der Waals surface area contributed by atoms with Gasteiger partial charge in [0.25, 0.3) is 0 Å². The van der Waals surface area contributed by atoms with Crippen LogP contribution in [0.15, 0.2) is 0 Å². The summed E-state index contributed by atoms with van der Waals surface area (Å²) in [5.41, 5.74) is -2.75. The standard InChI is InChI=1S/C14H18O6/c1-3-19-11(17)13-5-6-14(8-9(13)15,10(16)7-13)12(18)20-4-2/h3-8H2,1-2H3/t13-,14?/m0/s1. The molecule has 3 aliphatic rings. The lowest BCUT2D eigenvalue weighted by Gasteiger charge is -2.47. The van der Waals surface area contributed by atoms with Crippen molar-refractivity contribution in [3.8, 4) is 0 Å². The maximum Gasteiger partial charge on any atom is 0.320 e. The second-order valence-corrected chi connectivity index (χ2v) is 5.31. The minimum absolute atomic E-state index is 0.158. The summed E-state index contributed by atoms with van der Waals surface area (Å²) >= 11 is 0. The van der Waals surface area contributed by atoms with E-state index in [-0.39, 0.29) is 50.5 Å². The van der Waals surface area contributed by atoms with Crippen molar-refractivity contribution in [2.45, 2.75) is 39.5 Å². The highest BCUT2D eigenvalue weighted by Crippen LogP contribution is 2.53. The van der Waals surface area contributed by atoms with Gasteiger partial charge in [-0.3, -0.25) is 19.2 Å². The van der Waals surface area contributed by atoms with Crippen LogP contribution in [-0.2, 0) is 28.7 Å². The van der Waals surface area contributed by atoms with Crippen LogP contribution in [0.2, 0.25) is 0 Å². The Morgan fingerprint density at radius 1 is 0.900 bits per heavy atom. The Kier molecular flexibility index (Phi) is 3.67. The van der Waals surface area contributed by atoms with E-state index in [0.717, 1.165) is 0 Å². The summed E-state index contributed by atoms with van der Waals surface area (Å²) < 4.78 is 9.86. The summed E-state index contributed by atoms with van der Waals surface area (Å²) in [5, 5.41) is 0. The Morgan fingerprint density at radius 3 is 1.50 bits per heavy atom. The van der Waals surface area contributed by atoms with Crippen LogP contribution in [0, 0.1) is 10.8 Å². The van der Waals surface area contributed by atoms with Crippen LogP contribution >= 0.6 is 0 Å². The average molecular weight is 282 g/mol. The highest BCUT2D eigenvalue weighted by atomic mass is 16.5. The Morgan fingerprint density at radius 2 is 1.25 bits per heavy atom. The predicted octanol–water partition coefficient (Wildman–Crippen LogP) is 0.811. The molecule has 0 aromatic heterocycles. The molecule has 0 amide bonds. The van der Waals surface area contributed by atoms with E-state index in [2.05, 4.69) is 0 Å². The lowest BCUT2D eigenvalue weighted by atomic mass is 9.52. The van der Waals surface area contributed by atoms with Crippen molar-refractivity contribution in [2.24, 2.45) is 10.8 Å². The smallest absolute Gasteiger partial charge is 0.320 e. The molecule has 6 heteroatoms. The summed E-state index contributed by atoms with van der Waals surface area (Å²) in [6.45, 7) is 3.61. The van der Waals surface area contributed by atoms with Crippen molar-refractivity contribution in [3.05, 3.63) is 0 Å². The molecule has 0 aromatic carbocycles. The Bertz CT molecular complexity index is 438. The summed E-state index contributed by atoms with van der Waals surface area (Å²) in [5.74, 6) is -2.05. The van der Waals surface area contributed by atoms with Crippen LogP contribution in [0.1, 0.15) is 39.5 Å².